The molecule has 29 heavy (non-hydrogen) atoms. The minimum atomic E-state index is -1.05. The summed E-state index contributed by atoms with van der Waals surface area (Å²) in [6, 6.07) is 14.9. The van der Waals surface area contributed by atoms with Gasteiger partial charge in [0.1, 0.15) is 5.82 Å². The third kappa shape index (κ3) is 2.47. The van der Waals surface area contributed by atoms with Crippen molar-refractivity contribution >= 4 is 27.7 Å². The molecule has 5 nitrogen and oxygen atoms in total. The van der Waals surface area contributed by atoms with Crippen LogP contribution in [0.15, 0.2) is 71.5 Å². The molecule has 0 bridgehead atoms. The fraction of sp³-hybridized carbons (Fsp3) is 0.136. The maximum atomic E-state index is 13.5. The Hall–Kier alpha value is -3.06. The van der Waals surface area contributed by atoms with Gasteiger partial charge in [-0.1, -0.05) is 28.1 Å². The summed E-state index contributed by atoms with van der Waals surface area (Å²) >= 11 is 3.45. The number of halogens is 2. The number of hydrogen-bond acceptors (Lipinski definition) is 3. The van der Waals surface area contributed by atoms with Gasteiger partial charge in [-0.2, -0.15) is 0 Å². The molecular formula is C22H15BrFN3O2. The van der Waals surface area contributed by atoms with Crippen LogP contribution in [-0.4, -0.2) is 39.7 Å². The molecule has 1 atom stereocenters. The molecule has 1 saturated heterocycles. The van der Waals surface area contributed by atoms with E-state index in [0.29, 0.717) is 24.2 Å². The molecule has 1 aromatic heterocycles. The molecule has 0 saturated carbocycles. The Bertz CT molecular complexity index is 1130. The zero-order valence-corrected chi connectivity index (χ0v) is 16.8. The number of carbonyl (C=O) groups is 2. The quantitative estimate of drug-likeness (QED) is 0.595. The van der Waals surface area contributed by atoms with Crippen molar-refractivity contribution in [1.82, 2.24) is 14.8 Å². The second-order valence-corrected chi connectivity index (χ2v) is 7.94. The molecular weight excluding hydrogens is 437 g/mol. The highest BCUT2D eigenvalue weighted by atomic mass is 79.9. The van der Waals surface area contributed by atoms with E-state index in [4.69, 9.17) is 0 Å². The van der Waals surface area contributed by atoms with Crippen molar-refractivity contribution in [1.29, 1.82) is 0 Å². The Morgan fingerprint density at radius 1 is 1.03 bits per heavy atom. The summed E-state index contributed by atoms with van der Waals surface area (Å²) in [7, 11) is 0. The zero-order valence-electron chi connectivity index (χ0n) is 15.2. The van der Waals surface area contributed by atoms with Gasteiger partial charge in [0.25, 0.3) is 11.8 Å². The van der Waals surface area contributed by atoms with Gasteiger partial charge in [-0.15, -0.1) is 0 Å². The fourth-order valence-corrected chi connectivity index (χ4v) is 4.63. The van der Waals surface area contributed by atoms with Crippen LogP contribution in [0.4, 0.5) is 4.39 Å². The molecule has 0 radical (unpaired) electrons. The van der Waals surface area contributed by atoms with Gasteiger partial charge in [-0.3, -0.25) is 14.6 Å². The number of benzene rings is 2. The molecule has 144 valence electrons. The number of nitrogens with zero attached hydrogens (tertiary/aromatic N) is 3. The van der Waals surface area contributed by atoms with Crippen molar-refractivity contribution in [2.75, 3.05) is 13.1 Å². The Morgan fingerprint density at radius 3 is 2.48 bits per heavy atom. The lowest BCUT2D eigenvalue weighted by Gasteiger charge is -2.40. The van der Waals surface area contributed by atoms with Gasteiger partial charge in [-0.05, 0) is 42.5 Å². The van der Waals surface area contributed by atoms with E-state index in [2.05, 4.69) is 20.9 Å². The van der Waals surface area contributed by atoms with E-state index < -0.39 is 11.5 Å². The third-order valence-corrected chi connectivity index (χ3v) is 6.11. The lowest BCUT2D eigenvalue weighted by atomic mass is 9.90. The average Bonchev–Trinajstić information content (AvgIpc) is 3.25. The standard InChI is InChI=1S/C22H15BrFN3O2/c23-16-5-3-15(4-6-16)22-19-9-10-25-13-18(19)21(29)27(22)12-11-26(22)20(28)14-1-7-17(24)8-2-14/h1-10,13H,11-12H2. The first kappa shape index (κ1) is 18.0. The highest BCUT2D eigenvalue weighted by Crippen LogP contribution is 2.49. The highest BCUT2D eigenvalue weighted by Gasteiger charge is 2.59. The van der Waals surface area contributed by atoms with Gasteiger partial charge in [0.15, 0.2) is 5.66 Å². The first-order valence-corrected chi connectivity index (χ1v) is 9.93. The predicted molar refractivity (Wildman–Crippen MR) is 108 cm³/mol. The van der Waals surface area contributed by atoms with Crippen LogP contribution in [0.2, 0.25) is 0 Å². The molecule has 3 aromatic rings. The SMILES string of the molecule is O=C(c1ccc(F)cc1)N1CCN2C(=O)c3cnccc3C12c1ccc(Br)cc1. The van der Waals surface area contributed by atoms with E-state index in [1.165, 1.54) is 24.3 Å². The summed E-state index contributed by atoms with van der Waals surface area (Å²) in [4.78, 5) is 34.2. The molecule has 5 rings (SSSR count). The molecule has 0 spiro atoms. The molecule has 0 aliphatic carbocycles. The molecule has 3 heterocycles. The monoisotopic (exact) mass is 451 g/mol. The van der Waals surface area contributed by atoms with Crippen molar-refractivity contribution < 1.29 is 14.0 Å². The van der Waals surface area contributed by atoms with E-state index in [0.717, 1.165) is 15.6 Å². The second-order valence-electron chi connectivity index (χ2n) is 7.02. The van der Waals surface area contributed by atoms with Crippen LogP contribution in [0.1, 0.15) is 31.8 Å². The zero-order chi connectivity index (χ0) is 20.2. The van der Waals surface area contributed by atoms with Crippen molar-refractivity contribution in [3.8, 4) is 0 Å². The molecule has 2 amide bonds. The van der Waals surface area contributed by atoms with E-state index >= 15 is 0 Å². The van der Waals surface area contributed by atoms with Crippen LogP contribution in [-0.2, 0) is 5.66 Å². The van der Waals surface area contributed by atoms with Gasteiger partial charge < -0.3 is 9.80 Å². The third-order valence-electron chi connectivity index (χ3n) is 5.58. The molecule has 2 aromatic carbocycles. The predicted octanol–water partition coefficient (Wildman–Crippen LogP) is 3.80. The molecule has 2 aliphatic rings. The number of rotatable bonds is 2. The summed E-state index contributed by atoms with van der Waals surface area (Å²) in [6.07, 6.45) is 3.19. The Balaban J connectivity index is 1.74. The maximum Gasteiger partial charge on any atom is 0.258 e. The van der Waals surface area contributed by atoms with E-state index in [-0.39, 0.29) is 11.8 Å². The number of carbonyl (C=O) groups excluding carboxylic acids is 2. The van der Waals surface area contributed by atoms with Crippen LogP contribution in [0.5, 0.6) is 0 Å². The minimum Gasteiger partial charge on any atom is -0.306 e. The lowest BCUT2D eigenvalue weighted by molar-refractivity contribution is 0.0375. The van der Waals surface area contributed by atoms with E-state index in [1.54, 1.807) is 28.3 Å². The van der Waals surface area contributed by atoms with Crippen LogP contribution < -0.4 is 0 Å². The van der Waals surface area contributed by atoms with Crippen molar-refractivity contribution in [2.24, 2.45) is 0 Å². The Labute approximate surface area is 174 Å². The summed E-state index contributed by atoms with van der Waals surface area (Å²) in [6.45, 7) is 0.774. The van der Waals surface area contributed by atoms with Crippen molar-refractivity contribution in [3.05, 3.63) is 99.5 Å². The molecule has 0 N–H and O–H groups in total. The molecule has 1 unspecified atom stereocenters. The number of pyridine rings is 1. The topological polar surface area (TPSA) is 53.5 Å². The van der Waals surface area contributed by atoms with Crippen molar-refractivity contribution in [2.45, 2.75) is 5.66 Å². The van der Waals surface area contributed by atoms with Gasteiger partial charge in [0, 0.05) is 46.6 Å². The largest absolute Gasteiger partial charge is 0.306 e. The van der Waals surface area contributed by atoms with Gasteiger partial charge in [-0.25, -0.2) is 4.39 Å². The summed E-state index contributed by atoms with van der Waals surface area (Å²) in [5, 5.41) is 0. The average molecular weight is 452 g/mol. The molecule has 1 fully saturated rings. The second kappa shape index (κ2) is 6.49. The Morgan fingerprint density at radius 2 is 1.76 bits per heavy atom. The molecule has 7 heteroatoms. The van der Waals surface area contributed by atoms with Gasteiger partial charge in [0.05, 0.1) is 5.56 Å². The van der Waals surface area contributed by atoms with Gasteiger partial charge in [0.2, 0.25) is 0 Å². The number of hydrogen-bond donors (Lipinski definition) is 0. The normalized spacial score (nSPS) is 20.0. The summed E-state index contributed by atoms with van der Waals surface area (Å²) in [5.74, 6) is -0.807. The highest BCUT2D eigenvalue weighted by molar-refractivity contribution is 9.10. The van der Waals surface area contributed by atoms with Crippen LogP contribution in [0.3, 0.4) is 0 Å². The minimum absolute atomic E-state index is 0.148. The van der Waals surface area contributed by atoms with Gasteiger partial charge >= 0.3 is 0 Å². The van der Waals surface area contributed by atoms with Crippen LogP contribution in [0.25, 0.3) is 0 Å². The number of amides is 2. The van der Waals surface area contributed by atoms with E-state index in [9.17, 15) is 14.0 Å². The van der Waals surface area contributed by atoms with E-state index in [1.807, 2.05) is 24.3 Å². The lowest BCUT2D eigenvalue weighted by Crippen LogP contribution is -2.51. The summed E-state index contributed by atoms with van der Waals surface area (Å²) < 4.78 is 14.3. The Kier molecular flexibility index (Phi) is 4.03. The smallest absolute Gasteiger partial charge is 0.258 e. The maximum absolute atomic E-state index is 13.5. The van der Waals surface area contributed by atoms with Crippen LogP contribution in [0, 0.1) is 5.82 Å². The molecule has 2 aliphatic heterocycles. The van der Waals surface area contributed by atoms with Crippen molar-refractivity contribution in [3.63, 3.8) is 0 Å². The first-order chi connectivity index (χ1) is 14.0. The number of fused-ring (bicyclic) bond motifs is 3. The fourth-order valence-electron chi connectivity index (χ4n) is 4.37. The van der Waals surface area contributed by atoms with Crippen LogP contribution >= 0.6 is 15.9 Å². The summed E-state index contributed by atoms with van der Waals surface area (Å²) in [5.41, 5.74) is 1.35. The number of aromatic nitrogens is 1. The first-order valence-electron chi connectivity index (χ1n) is 9.13.